The summed E-state index contributed by atoms with van der Waals surface area (Å²) >= 11 is 0. The van der Waals surface area contributed by atoms with Crippen molar-refractivity contribution in [1.29, 1.82) is 0 Å². The van der Waals surface area contributed by atoms with Gasteiger partial charge in [0.05, 0.1) is 29.9 Å². The third kappa shape index (κ3) is 96.0. The molecule has 15 nitrogen and oxygen atoms in total. The Morgan fingerprint density at radius 3 is 0.678 bits per heavy atom. The van der Waals surface area contributed by atoms with Crippen molar-refractivity contribution in [1.82, 2.24) is 0 Å². The molecule has 0 rings (SSSR count). The zero-order valence-corrected chi connectivity index (χ0v) is 71.4. The molecule has 0 bridgehead atoms. The number of rotatable bonds is 51. The van der Waals surface area contributed by atoms with Gasteiger partial charge in [-0.15, -0.1) is 0 Å². The monoisotopic (exact) mass is 1360 g/mol. The van der Waals surface area contributed by atoms with Gasteiger partial charge in [0.1, 0.15) is 0 Å². The topological polar surface area (TPSA) is 256 Å². The summed E-state index contributed by atoms with van der Waals surface area (Å²) < 4.78 is 137. The van der Waals surface area contributed by atoms with Crippen LogP contribution in [-0.2, 0) is 53.9 Å². The molecule has 0 aromatic heterocycles. The van der Waals surface area contributed by atoms with Gasteiger partial charge >= 0.3 is 118 Å². The van der Waals surface area contributed by atoms with Gasteiger partial charge in [-0.2, -0.15) is 0 Å². The van der Waals surface area contributed by atoms with Gasteiger partial charge in [-0.25, -0.2) is 33.7 Å². The maximum atomic E-state index is 10.6. The normalized spacial score (nSPS) is 14.7. The molecule has 8 unspecified atom stereocenters. The second kappa shape index (κ2) is 66.7. The van der Waals surface area contributed by atoms with Crippen molar-refractivity contribution in [3.8, 4) is 0 Å². The first-order chi connectivity index (χ1) is 38.4. The van der Waals surface area contributed by atoms with E-state index in [1.165, 1.54) is 122 Å². The summed E-state index contributed by atoms with van der Waals surface area (Å²) in [6.07, 6.45) is 36.6. The van der Waals surface area contributed by atoms with Crippen molar-refractivity contribution in [2.24, 2.45) is 71.0 Å². The average molecular weight is 1360 g/mol. The Morgan fingerprint density at radius 2 is 0.460 bits per heavy atom. The minimum Gasteiger partial charge on any atom is -0.748 e. The van der Waals surface area contributed by atoms with Crippen molar-refractivity contribution in [2.45, 2.75) is 316 Å². The van der Waals surface area contributed by atoms with Gasteiger partial charge in [0, 0.05) is 5.75 Å². The van der Waals surface area contributed by atoms with Crippen LogP contribution in [-0.4, -0.2) is 77.5 Å². The first-order valence-electron chi connectivity index (χ1n) is 33.1. The fourth-order valence-corrected chi connectivity index (χ4v) is 11.9. The molecule has 8 atom stereocenters. The van der Waals surface area contributed by atoms with E-state index in [4.69, 9.17) is 0 Å². The van der Waals surface area contributed by atoms with E-state index >= 15 is 0 Å². The molecule has 0 aromatic rings. The Labute approximate surface area is 629 Å². The van der Waals surface area contributed by atoms with Gasteiger partial charge in [-0.1, -0.05) is 278 Å². The van der Waals surface area contributed by atoms with Crippen molar-refractivity contribution in [2.75, 3.05) is 25.6 Å². The van der Waals surface area contributed by atoms with E-state index < -0.39 is 41.3 Å². The van der Waals surface area contributed by atoms with Gasteiger partial charge in [-0.3, -0.25) is 12.5 Å². The van der Waals surface area contributed by atoms with Gasteiger partial charge in [0.25, 0.3) is 0 Å². The Bertz CT molecular complexity index is 1900. The molecule has 506 valence electrons. The summed E-state index contributed by atoms with van der Waals surface area (Å²) in [7, 11) is -17.6. The van der Waals surface area contributed by atoms with Crippen LogP contribution < -0.4 is 118 Å². The molecule has 0 heterocycles. The fraction of sp³-hybridized carbons (Fsp3) is 1.00. The summed E-state index contributed by atoms with van der Waals surface area (Å²) in [6, 6.07) is 0. The molecule has 0 aliphatic carbocycles. The van der Waals surface area contributed by atoms with Crippen LogP contribution in [0.4, 0.5) is 0 Å². The Kier molecular flexibility index (Phi) is 81.7. The molecule has 0 saturated carbocycles. The molecule has 0 aliphatic rings. The van der Waals surface area contributed by atoms with E-state index in [-0.39, 0.29) is 144 Å². The van der Waals surface area contributed by atoms with Crippen LogP contribution in [0.3, 0.4) is 0 Å². The summed E-state index contributed by atoms with van der Waals surface area (Å²) in [5.41, 5.74) is 0. The van der Waals surface area contributed by atoms with E-state index in [9.17, 15) is 51.9 Å². The number of hydrogen-bond donors (Lipinski definition) is 0. The molecule has 0 radical (unpaired) electrons. The molecular weight excluding hydrogens is 1230 g/mol. The molecule has 0 N–H and O–H groups in total. The SMILES string of the molecule is CC(C)CCCC(C)CCCC(C)CCCC(C)CCCS(=O)(=O)[O-].CC(C)CCCC(C)CCCOS(=O)(=O)[O-].CCC(CCCC(C)C)CCOS(=O)(=O)[O-].CCC(CCCC(C)CCCC(C)CCCC(C)C)CCOS(=O)(=O)[O-].[Na+].[Na+].[Na+].[Na+]. The molecule has 0 aromatic carbocycles. The van der Waals surface area contributed by atoms with Crippen LogP contribution in [0.1, 0.15) is 316 Å². The summed E-state index contributed by atoms with van der Waals surface area (Å²) in [5, 5.41) is 0. The zero-order chi connectivity index (χ0) is 64.5. The van der Waals surface area contributed by atoms with Crippen LogP contribution in [0.15, 0.2) is 0 Å². The van der Waals surface area contributed by atoms with Crippen LogP contribution in [0, 0.1) is 71.0 Å². The zero-order valence-electron chi connectivity index (χ0n) is 60.1. The smallest absolute Gasteiger partial charge is 0.748 e. The molecule has 87 heavy (non-hydrogen) atoms. The fourth-order valence-electron chi connectivity index (χ4n) is 10.4. The van der Waals surface area contributed by atoms with Crippen molar-refractivity contribution < 1.29 is 183 Å². The van der Waals surface area contributed by atoms with E-state index in [0.29, 0.717) is 55.3 Å². The van der Waals surface area contributed by atoms with E-state index in [2.05, 4.69) is 123 Å². The van der Waals surface area contributed by atoms with Crippen LogP contribution >= 0.6 is 0 Å². The van der Waals surface area contributed by atoms with Gasteiger partial charge in [-0.05, 0) is 110 Å². The predicted octanol–water partition coefficient (Wildman–Crippen LogP) is 6.13. The first kappa shape index (κ1) is 107. The van der Waals surface area contributed by atoms with Crippen molar-refractivity contribution >= 4 is 41.3 Å². The minimum atomic E-state index is -4.54. The Morgan fingerprint density at radius 1 is 0.264 bits per heavy atom. The van der Waals surface area contributed by atoms with Gasteiger partial charge in [0.2, 0.25) is 31.2 Å². The first-order valence-corrected chi connectivity index (χ1v) is 38.7. The van der Waals surface area contributed by atoms with Crippen molar-refractivity contribution in [3.63, 3.8) is 0 Å². The molecular formula is C64H132Na4O15S4. The van der Waals surface area contributed by atoms with E-state index in [1.54, 1.807) is 0 Å². The maximum Gasteiger partial charge on any atom is 1.00 e. The molecule has 0 spiro atoms. The third-order valence-electron chi connectivity index (χ3n) is 16.1. The summed E-state index contributed by atoms with van der Waals surface area (Å²) in [5.74, 6) is 8.15. The quantitative estimate of drug-likeness (QED) is 0.0287. The number of hydrogen-bond acceptors (Lipinski definition) is 15. The Balaban J connectivity index is -0.000000161. The van der Waals surface area contributed by atoms with Crippen LogP contribution in [0.5, 0.6) is 0 Å². The summed E-state index contributed by atoms with van der Waals surface area (Å²) in [4.78, 5) is 0. The average Bonchev–Trinajstić information content (AvgIpc) is 3.36. The largest absolute Gasteiger partial charge is 1.00 e. The second-order valence-electron chi connectivity index (χ2n) is 27.0. The minimum absolute atomic E-state index is 0. The van der Waals surface area contributed by atoms with E-state index in [0.717, 1.165) is 99.2 Å². The second-order valence-corrected chi connectivity index (χ2v) is 31.7. The standard InChI is InChI=1S/C21H44O4S.C21H44O3S.2C11H24O4S.4Na/c1-6-21(16-17-25-26(22,23)24)15-9-14-20(5)13-8-12-19(4)11-7-10-18(2)3;1-18(2)10-6-11-19(3)12-7-13-20(4)14-8-15-21(5)16-9-17-25(22,23)24;1-10(2)6-4-7-11(3)8-5-9-15-16(12,13)14;1-4-11(7-5-6-10(2)3)8-9-15-16(12,13)14;;;;/h18-21H,6-17H2,1-5H3,(H,22,23,24);18-21H,6-17H2,1-5H3,(H,22,23,24);2*10-11H,4-9H2,1-3H3,(H,12,13,14);;;;/q;;;;4*+1/p-4. The summed E-state index contributed by atoms with van der Waals surface area (Å²) in [6.45, 7) is 36.0. The van der Waals surface area contributed by atoms with Gasteiger partial charge in [0.15, 0.2) is 0 Å². The van der Waals surface area contributed by atoms with Gasteiger partial charge < -0.3 is 18.2 Å². The molecule has 23 heteroatoms. The maximum absolute atomic E-state index is 10.6. The molecule has 0 aliphatic heterocycles. The predicted molar refractivity (Wildman–Crippen MR) is 342 cm³/mol. The third-order valence-corrected chi connectivity index (χ3v) is 18.3. The molecule has 0 amide bonds. The molecule has 0 fully saturated rings. The van der Waals surface area contributed by atoms with E-state index in [1.807, 2.05) is 0 Å². The Hall–Kier alpha value is 3.52. The van der Waals surface area contributed by atoms with Crippen molar-refractivity contribution in [3.05, 3.63) is 0 Å². The van der Waals surface area contributed by atoms with Crippen LogP contribution in [0.25, 0.3) is 0 Å². The van der Waals surface area contributed by atoms with Crippen LogP contribution in [0.2, 0.25) is 0 Å². The molecule has 0 saturated heterocycles.